The van der Waals surface area contributed by atoms with Crippen LogP contribution in [0, 0.1) is 5.92 Å². The highest BCUT2D eigenvalue weighted by molar-refractivity contribution is 7.98. The summed E-state index contributed by atoms with van der Waals surface area (Å²) in [6, 6.07) is 0. The summed E-state index contributed by atoms with van der Waals surface area (Å²) in [6.07, 6.45) is 6.06. The molecule has 2 rings (SSSR count). The van der Waals surface area contributed by atoms with Gasteiger partial charge in [0.2, 0.25) is 0 Å². The van der Waals surface area contributed by atoms with Crippen LogP contribution in [0.1, 0.15) is 39.5 Å². The van der Waals surface area contributed by atoms with E-state index in [-0.39, 0.29) is 0 Å². The van der Waals surface area contributed by atoms with E-state index in [1.54, 1.807) is 11.5 Å². The molecule has 2 aliphatic heterocycles. The molecule has 0 spiro atoms. The van der Waals surface area contributed by atoms with Gasteiger partial charge in [0.15, 0.2) is 0 Å². The van der Waals surface area contributed by atoms with Crippen LogP contribution in [0.5, 0.6) is 0 Å². The lowest BCUT2D eigenvalue weighted by Gasteiger charge is -2.31. The fourth-order valence-electron chi connectivity index (χ4n) is 2.62. The molecular formula is C10H19S+. The molecule has 11 heavy (non-hydrogen) atoms. The molecule has 0 saturated carbocycles. The molecule has 0 aromatic heterocycles. The lowest BCUT2D eigenvalue weighted by Crippen LogP contribution is -2.40. The maximum atomic E-state index is 2.55. The van der Waals surface area contributed by atoms with Crippen LogP contribution in [0.25, 0.3) is 0 Å². The van der Waals surface area contributed by atoms with Crippen molar-refractivity contribution in [2.24, 2.45) is 5.92 Å². The van der Waals surface area contributed by atoms with Gasteiger partial charge < -0.3 is 0 Å². The van der Waals surface area contributed by atoms with Crippen LogP contribution in [-0.4, -0.2) is 16.3 Å². The average molecular weight is 171 g/mol. The largest absolute Gasteiger partial charge is 0.128 e. The van der Waals surface area contributed by atoms with E-state index in [4.69, 9.17) is 0 Å². The maximum absolute atomic E-state index is 2.55. The molecular weight excluding hydrogens is 152 g/mol. The molecule has 2 heterocycles. The molecule has 0 N–H and O–H groups in total. The normalized spacial score (nSPS) is 50.7. The average Bonchev–Trinajstić information content (AvgIpc) is 2.29. The van der Waals surface area contributed by atoms with E-state index in [0.29, 0.717) is 0 Å². The summed E-state index contributed by atoms with van der Waals surface area (Å²) in [5.74, 6) is 4.13. The first-order valence-electron chi connectivity index (χ1n) is 4.91. The minimum Gasteiger partial charge on any atom is -0.0573 e. The number of hydrogen-bond acceptors (Lipinski definition) is 0. The summed E-state index contributed by atoms with van der Waals surface area (Å²) in [4.78, 5) is 0. The van der Waals surface area contributed by atoms with Crippen molar-refractivity contribution in [1.29, 1.82) is 0 Å². The fraction of sp³-hybridized carbons (Fsp3) is 1.00. The van der Waals surface area contributed by atoms with Gasteiger partial charge in [-0.1, -0.05) is 6.92 Å². The second-order valence-electron chi connectivity index (χ2n) is 4.36. The molecule has 0 aromatic carbocycles. The van der Waals surface area contributed by atoms with Crippen LogP contribution >= 0.6 is 0 Å². The third-order valence-electron chi connectivity index (χ3n) is 3.81. The first-order valence-corrected chi connectivity index (χ1v) is 6.47. The van der Waals surface area contributed by atoms with E-state index < -0.39 is 0 Å². The second-order valence-corrected chi connectivity index (χ2v) is 7.10. The molecule has 1 heteroatoms. The third-order valence-corrected chi connectivity index (χ3v) is 7.25. The minimum absolute atomic E-state index is 0.776. The van der Waals surface area contributed by atoms with Crippen molar-refractivity contribution >= 4 is 10.9 Å². The van der Waals surface area contributed by atoms with Gasteiger partial charge in [0, 0.05) is 5.92 Å². The Hall–Kier alpha value is 0.350. The van der Waals surface area contributed by atoms with E-state index in [1.165, 1.54) is 25.7 Å². The van der Waals surface area contributed by atoms with Crippen molar-refractivity contribution in [1.82, 2.24) is 0 Å². The molecule has 2 saturated heterocycles. The Kier molecular flexibility index (Phi) is 1.95. The molecule has 0 nitrogen and oxygen atoms in total. The van der Waals surface area contributed by atoms with Crippen LogP contribution in [0.4, 0.5) is 0 Å². The van der Waals surface area contributed by atoms with Gasteiger partial charge >= 0.3 is 0 Å². The highest BCUT2D eigenvalue weighted by atomic mass is 32.2. The number of hydrogen-bond donors (Lipinski definition) is 0. The van der Waals surface area contributed by atoms with Gasteiger partial charge in [0.05, 0.1) is 0 Å². The van der Waals surface area contributed by atoms with Gasteiger partial charge in [-0.2, -0.15) is 0 Å². The molecule has 0 aliphatic carbocycles. The van der Waals surface area contributed by atoms with Crippen molar-refractivity contribution < 1.29 is 0 Å². The van der Waals surface area contributed by atoms with Crippen LogP contribution < -0.4 is 0 Å². The molecule has 2 aliphatic rings. The summed E-state index contributed by atoms with van der Waals surface area (Å²) >= 11 is 0. The van der Waals surface area contributed by atoms with Crippen LogP contribution in [0.3, 0.4) is 0 Å². The van der Waals surface area contributed by atoms with E-state index >= 15 is 0 Å². The third kappa shape index (κ3) is 1.12. The smallest absolute Gasteiger partial charge is 0.0573 e. The van der Waals surface area contributed by atoms with Crippen LogP contribution in [0.2, 0.25) is 0 Å². The predicted octanol–water partition coefficient (Wildman–Crippen LogP) is 2.59. The molecule has 64 valence electrons. The molecule has 0 radical (unpaired) electrons. The molecule has 0 aromatic rings. The Labute approximate surface area is 73.1 Å². The first kappa shape index (κ1) is 7.97. The zero-order valence-electron chi connectivity index (χ0n) is 7.73. The van der Waals surface area contributed by atoms with Gasteiger partial charge in [-0.3, -0.25) is 0 Å². The Morgan fingerprint density at radius 1 is 1.27 bits per heavy atom. The molecule has 0 bridgehead atoms. The fourth-order valence-corrected chi connectivity index (χ4v) is 6.07. The minimum atomic E-state index is 0.776. The Balaban J connectivity index is 2.16. The molecule has 1 unspecified atom stereocenters. The first-order chi connectivity index (χ1) is 5.23. The van der Waals surface area contributed by atoms with Gasteiger partial charge in [-0.25, -0.2) is 0 Å². The van der Waals surface area contributed by atoms with E-state index in [9.17, 15) is 0 Å². The Bertz CT molecular complexity index is 153. The standard InChI is InChI=1S/C10H19S/c1-9-5-8-11-7-4-3-6-10(9,11)2/h9H,3-8H2,1-2H3/q+1/t9-,10-,11?/m1/s1. The van der Waals surface area contributed by atoms with Gasteiger partial charge in [0.1, 0.15) is 16.3 Å². The van der Waals surface area contributed by atoms with Gasteiger partial charge in [0.25, 0.3) is 0 Å². The van der Waals surface area contributed by atoms with E-state index in [2.05, 4.69) is 13.8 Å². The summed E-state index contributed by atoms with van der Waals surface area (Å²) in [7, 11) is 0.819. The quantitative estimate of drug-likeness (QED) is 0.491. The highest BCUT2D eigenvalue weighted by Crippen LogP contribution is 2.45. The van der Waals surface area contributed by atoms with Crippen molar-refractivity contribution in [3.63, 3.8) is 0 Å². The van der Waals surface area contributed by atoms with Crippen LogP contribution in [-0.2, 0) is 10.9 Å². The summed E-state index contributed by atoms with van der Waals surface area (Å²) in [5, 5.41) is 0. The number of rotatable bonds is 0. The van der Waals surface area contributed by atoms with E-state index in [1.807, 2.05) is 0 Å². The Morgan fingerprint density at radius 2 is 2.09 bits per heavy atom. The van der Waals surface area contributed by atoms with Crippen LogP contribution in [0.15, 0.2) is 0 Å². The highest BCUT2D eigenvalue weighted by Gasteiger charge is 2.53. The molecule has 0 amide bonds. The Morgan fingerprint density at radius 3 is 2.82 bits per heavy atom. The van der Waals surface area contributed by atoms with Crippen molar-refractivity contribution in [3.05, 3.63) is 0 Å². The topological polar surface area (TPSA) is 0 Å². The number of fused-ring (bicyclic) bond motifs is 1. The van der Waals surface area contributed by atoms with Gasteiger partial charge in [-0.15, -0.1) is 0 Å². The van der Waals surface area contributed by atoms with Crippen molar-refractivity contribution in [3.8, 4) is 0 Å². The molecule has 2 fully saturated rings. The summed E-state index contributed by atoms with van der Waals surface area (Å²) < 4.78 is 0.776. The van der Waals surface area contributed by atoms with Crippen molar-refractivity contribution in [2.75, 3.05) is 11.5 Å². The monoisotopic (exact) mass is 171 g/mol. The summed E-state index contributed by atoms with van der Waals surface area (Å²) in [5.41, 5.74) is 0. The lowest BCUT2D eigenvalue weighted by molar-refractivity contribution is 0.400. The molecule has 3 atom stereocenters. The van der Waals surface area contributed by atoms with Gasteiger partial charge in [-0.05, 0) is 43.5 Å². The second kappa shape index (κ2) is 2.69. The van der Waals surface area contributed by atoms with E-state index in [0.717, 1.165) is 21.6 Å². The zero-order chi connectivity index (χ0) is 7.90. The lowest BCUT2D eigenvalue weighted by atomic mass is 9.88. The zero-order valence-corrected chi connectivity index (χ0v) is 8.54. The summed E-state index contributed by atoms with van der Waals surface area (Å²) in [6.45, 7) is 5.02. The SMILES string of the molecule is C[C@@H]1CC[S+]2CCCC[C@]12C. The van der Waals surface area contributed by atoms with Crippen molar-refractivity contribution in [2.45, 2.75) is 44.3 Å². The predicted molar refractivity (Wildman–Crippen MR) is 53.1 cm³/mol. The maximum Gasteiger partial charge on any atom is 0.128 e.